The minimum absolute atomic E-state index is 0.0137. The van der Waals surface area contributed by atoms with Crippen LogP contribution in [0.25, 0.3) is 0 Å². The third kappa shape index (κ3) is 2.93. The Hall–Kier alpha value is -2.27. The van der Waals surface area contributed by atoms with Gasteiger partial charge in [0.2, 0.25) is 0 Å². The zero-order valence-electron chi connectivity index (χ0n) is 14.5. The summed E-state index contributed by atoms with van der Waals surface area (Å²) in [5.41, 5.74) is 3.22. The molecular weight excluding hydrogens is 316 g/mol. The van der Waals surface area contributed by atoms with Gasteiger partial charge in [-0.1, -0.05) is 18.2 Å². The average molecular weight is 340 g/mol. The van der Waals surface area contributed by atoms with Crippen molar-refractivity contribution >= 4 is 11.6 Å². The minimum atomic E-state index is 0.0137. The van der Waals surface area contributed by atoms with Crippen molar-refractivity contribution in [1.82, 2.24) is 4.90 Å². The molecule has 4 rings (SSSR count). The number of aliphatic hydroxyl groups is 1. The Kier molecular flexibility index (Phi) is 4.25. The van der Waals surface area contributed by atoms with Gasteiger partial charge in [-0.05, 0) is 37.5 Å². The monoisotopic (exact) mass is 340 g/mol. The zero-order valence-corrected chi connectivity index (χ0v) is 14.5. The van der Waals surface area contributed by atoms with Crippen LogP contribution >= 0.6 is 0 Å². The third-order valence-corrected chi connectivity index (χ3v) is 5.47. The van der Waals surface area contributed by atoms with Crippen molar-refractivity contribution in [3.63, 3.8) is 0 Å². The molecule has 5 nitrogen and oxygen atoms in total. The molecule has 1 aromatic heterocycles. The largest absolute Gasteiger partial charge is 0.467 e. The summed E-state index contributed by atoms with van der Waals surface area (Å²) < 4.78 is 5.69. The van der Waals surface area contributed by atoms with Gasteiger partial charge < -0.3 is 19.3 Å². The van der Waals surface area contributed by atoms with E-state index >= 15 is 0 Å². The van der Waals surface area contributed by atoms with Crippen LogP contribution in [0.4, 0.5) is 5.69 Å². The molecule has 0 spiro atoms. The third-order valence-electron chi connectivity index (χ3n) is 5.47. The van der Waals surface area contributed by atoms with Gasteiger partial charge in [-0.2, -0.15) is 0 Å². The quantitative estimate of drug-likeness (QED) is 0.930. The molecule has 1 saturated heterocycles. The topological polar surface area (TPSA) is 56.9 Å². The summed E-state index contributed by atoms with van der Waals surface area (Å²) >= 11 is 0. The van der Waals surface area contributed by atoms with Crippen LogP contribution in [0.5, 0.6) is 0 Å². The predicted molar refractivity (Wildman–Crippen MR) is 95.6 cm³/mol. The molecule has 132 valence electrons. The lowest BCUT2D eigenvalue weighted by Gasteiger charge is -2.24. The molecule has 2 aliphatic rings. The number of rotatable bonds is 4. The standard InChI is InChI=1S/C20H24N2O3/c1-14-10-16-4-2-3-5-18(16)22(14)12-19-17(7-9-25-19)20(24)21-8-6-15(11-21)13-23/h2-5,7,9,14-15,23H,6,8,10-13H2,1H3. The fourth-order valence-electron chi connectivity index (χ4n) is 4.02. The molecule has 0 saturated carbocycles. The maximum Gasteiger partial charge on any atom is 0.257 e. The number of amides is 1. The van der Waals surface area contributed by atoms with Gasteiger partial charge in [0, 0.05) is 37.3 Å². The number of anilines is 1. The highest BCUT2D eigenvalue weighted by atomic mass is 16.3. The lowest BCUT2D eigenvalue weighted by molar-refractivity contribution is 0.0779. The van der Waals surface area contributed by atoms with Gasteiger partial charge in [-0.3, -0.25) is 4.79 Å². The lowest BCUT2D eigenvalue weighted by atomic mass is 10.1. The Balaban J connectivity index is 1.54. The highest BCUT2D eigenvalue weighted by molar-refractivity contribution is 5.95. The average Bonchev–Trinajstić information content (AvgIpc) is 3.34. The van der Waals surface area contributed by atoms with Crippen LogP contribution < -0.4 is 4.90 Å². The highest BCUT2D eigenvalue weighted by Gasteiger charge is 2.31. The zero-order chi connectivity index (χ0) is 17.4. The Morgan fingerprint density at radius 1 is 1.32 bits per heavy atom. The molecule has 3 heterocycles. The molecule has 1 N–H and O–H groups in total. The van der Waals surface area contributed by atoms with Crippen LogP contribution in [0.1, 0.15) is 35.0 Å². The number of para-hydroxylation sites is 1. The van der Waals surface area contributed by atoms with Crippen molar-refractivity contribution in [2.75, 3.05) is 24.6 Å². The van der Waals surface area contributed by atoms with Gasteiger partial charge in [-0.25, -0.2) is 0 Å². The maximum atomic E-state index is 12.9. The van der Waals surface area contributed by atoms with Crippen LogP contribution in [0.3, 0.4) is 0 Å². The molecule has 0 bridgehead atoms. The summed E-state index contributed by atoms with van der Waals surface area (Å²) in [6, 6.07) is 10.6. The second-order valence-electron chi connectivity index (χ2n) is 7.16. The van der Waals surface area contributed by atoms with E-state index in [1.807, 2.05) is 4.90 Å². The van der Waals surface area contributed by atoms with Crippen molar-refractivity contribution in [3.05, 3.63) is 53.5 Å². The number of carbonyl (C=O) groups is 1. The van der Waals surface area contributed by atoms with E-state index in [1.165, 1.54) is 11.3 Å². The van der Waals surface area contributed by atoms with Gasteiger partial charge in [0.25, 0.3) is 5.91 Å². The Bertz CT molecular complexity index is 770. The molecule has 2 aliphatic heterocycles. The lowest BCUT2D eigenvalue weighted by Crippen LogP contribution is -2.32. The van der Waals surface area contributed by atoms with E-state index in [-0.39, 0.29) is 18.4 Å². The summed E-state index contributed by atoms with van der Waals surface area (Å²) in [7, 11) is 0. The number of fused-ring (bicyclic) bond motifs is 1. The van der Waals surface area contributed by atoms with Gasteiger partial charge in [-0.15, -0.1) is 0 Å². The van der Waals surface area contributed by atoms with Gasteiger partial charge >= 0.3 is 0 Å². The fourth-order valence-corrected chi connectivity index (χ4v) is 4.02. The number of hydrogen-bond acceptors (Lipinski definition) is 4. The Labute approximate surface area is 147 Å². The molecular formula is C20H24N2O3. The summed E-state index contributed by atoms with van der Waals surface area (Å²) in [6.45, 7) is 4.28. The number of likely N-dealkylation sites (tertiary alicyclic amines) is 1. The van der Waals surface area contributed by atoms with E-state index in [0.29, 0.717) is 31.2 Å². The predicted octanol–water partition coefficient (Wildman–Crippen LogP) is 2.69. The normalized spacial score (nSPS) is 22.5. The number of hydrogen-bond donors (Lipinski definition) is 1. The van der Waals surface area contributed by atoms with E-state index in [2.05, 4.69) is 36.1 Å². The first-order valence-electron chi connectivity index (χ1n) is 8.98. The van der Waals surface area contributed by atoms with Crippen molar-refractivity contribution in [2.24, 2.45) is 5.92 Å². The summed E-state index contributed by atoms with van der Waals surface area (Å²) in [4.78, 5) is 17.0. The molecule has 25 heavy (non-hydrogen) atoms. The molecule has 2 unspecified atom stereocenters. The number of furan rings is 1. The maximum absolute atomic E-state index is 12.9. The molecule has 0 aliphatic carbocycles. The van der Waals surface area contributed by atoms with E-state index in [0.717, 1.165) is 18.6 Å². The molecule has 5 heteroatoms. The first-order valence-corrected chi connectivity index (χ1v) is 8.98. The van der Waals surface area contributed by atoms with E-state index in [1.54, 1.807) is 12.3 Å². The molecule has 1 aromatic carbocycles. The van der Waals surface area contributed by atoms with Crippen molar-refractivity contribution in [3.8, 4) is 0 Å². The van der Waals surface area contributed by atoms with Crippen molar-refractivity contribution in [2.45, 2.75) is 32.4 Å². The van der Waals surface area contributed by atoms with Crippen LogP contribution in [-0.2, 0) is 13.0 Å². The first kappa shape index (κ1) is 16.2. The summed E-state index contributed by atoms with van der Waals surface area (Å²) in [5.74, 6) is 0.936. The van der Waals surface area contributed by atoms with Crippen molar-refractivity contribution < 1.29 is 14.3 Å². The number of nitrogens with zero attached hydrogens (tertiary/aromatic N) is 2. The van der Waals surface area contributed by atoms with Crippen LogP contribution in [0, 0.1) is 5.92 Å². The first-order chi connectivity index (χ1) is 12.2. The number of aliphatic hydroxyl groups excluding tert-OH is 1. The van der Waals surface area contributed by atoms with Crippen LogP contribution in [0.15, 0.2) is 41.0 Å². The van der Waals surface area contributed by atoms with Gasteiger partial charge in [0.05, 0.1) is 18.4 Å². The minimum Gasteiger partial charge on any atom is -0.467 e. The van der Waals surface area contributed by atoms with Crippen LogP contribution in [0.2, 0.25) is 0 Å². The second kappa shape index (κ2) is 6.56. The molecule has 1 fully saturated rings. The van der Waals surface area contributed by atoms with Crippen LogP contribution in [-0.4, -0.2) is 41.7 Å². The number of benzene rings is 1. The Morgan fingerprint density at radius 2 is 2.16 bits per heavy atom. The van der Waals surface area contributed by atoms with Crippen molar-refractivity contribution in [1.29, 1.82) is 0 Å². The molecule has 0 radical (unpaired) electrons. The summed E-state index contributed by atoms with van der Waals surface area (Å²) in [6.07, 6.45) is 3.49. The SMILES string of the molecule is CC1Cc2ccccc2N1Cc1occc1C(=O)N1CCC(CO)C1. The second-order valence-corrected chi connectivity index (χ2v) is 7.16. The van der Waals surface area contributed by atoms with E-state index in [4.69, 9.17) is 4.42 Å². The molecule has 1 amide bonds. The van der Waals surface area contributed by atoms with E-state index in [9.17, 15) is 9.90 Å². The summed E-state index contributed by atoms with van der Waals surface area (Å²) in [5, 5.41) is 9.30. The van der Waals surface area contributed by atoms with Gasteiger partial charge in [0.15, 0.2) is 0 Å². The number of carbonyl (C=O) groups excluding carboxylic acids is 1. The van der Waals surface area contributed by atoms with Gasteiger partial charge in [0.1, 0.15) is 5.76 Å². The fraction of sp³-hybridized carbons (Fsp3) is 0.450. The smallest absolute Gasteiger partial charge is 0.257 e. The Morgan fingerprint density at radius 3 is 2.96 bits per heavy atom. The molecule has 2 atom stereocenters. The highest BCUT2D eigenvalue weighted by Crippen LogP contribution is 2.34. The molecule has 2 aromatic rings. The van der Waals surface area contributed by atoms with E-state index < -0.39 is 0 Å².